The molecular formula is C12H20N2O3S. The van der Waals surface area contributed by atoms with Gasteiger partial charge in [-0.3, -0.25) is 4.72 Å². The first-order valence-corrected chi connectivity index (χ1v) is 7.22. The lowest BCUT2D eigenvalue weighted by Crippen LogP contribution is -2.37. The van der Waals surface area contributed by atoms with E-state index in [4.69, 9.17) is 0 Å². The standard InChI is InChI=1S/C12H20N2O3S/c1-9(2)14(4)18(16,17)13-12-7-5-11(6-8-12)10(3)15/h5-10,13,15H,1-4H3. The fourth-order valence-electron chi connectivity index (χ4n) is 1.33. The molecule has 0 heterocycles. The number of aliphatic hydroxyl groups excluding tert-OH is 1. The van der Waals surface area contributed by atoms with Crippen LogP contribution >= 0.6 is 0 Å². The third-order valence-corrected chi connectivity index (χ3v) is 4.42. The van der Waals surface area contributed by atoms with Gasteiger partial charge >= 0.3 is 10.2 Å². The van der Waals surface area contributed by atoms with Crippen LogP contribution in [0, 0.1) is 0 Å². The van der Waals surface area contributed by atoms with Crippen molar-refractivity contribution in [3.8, 4) is 0 Å². The number of nitrogens with zero attached hydrogens (tertiary/aromatic N) is 1. The Balaban J connectivity index is 2.85. The molecular weight excluding hydrogens is 252 g/mol. The second-order valence-corrected chi connectivity index (χ2v) is 6.25. The van der Waals surface area contributed by atoms with Crippen LogP contribution in [0.5, 0.6) is 0 Å². The highest BCUT2D eigenvalue weighted by molar-refractivity contribution is 7.90. The largest absolute Gasteiger partial charge is 0.389 e. The molecule has 1 aromatic rings. The van der Waals surface area contributed by atoms with Gasteiger partial charge in [0.15, 0.2) is 0 Å². The Hall–Kier alpha value is -1.11. The molecule has 0 aliphatic heterocycles. The quantitative estimate of drug-likeness (QED) is 0.857. The average Bonchev–Trinajstić information content (AvgIpc) is 2.28. The summed E-state index contributed by atoms with van der Waals surface area (Å²) in [5.74, 6) is 0. The molecule has 0 saturated carbocycles. The van der Waals surface area contributed by atoms with Gasteiger partial charge in [0.1, 0.15) is 0 Å². The first-order chi connectivity index (χ1) is 8.24. The summed E-state index contributed by atoms with van der Waals surface area (Å²) in [6.45, 7) is 5.26. The van der Waals surface area contributed by atoms with Crippen molar-refractivity contribution >= 4 is 15.9 Å². The summed E-state index contributed by atoms with van der Waals surface area (Å²) in [7, 11) is -2.00. The van der Waals surface area contributed by atoms with Gasteiger partial charge in [-0.25, -0.2) is 0 Å². The van der Waals surface area contributed by atoms with Crippen molar-refractivity contribution in [1.82, 2.24) is 4.31 Å². The number of benzene rings is 1. The van der Waals surface area contributed by atoms with E-state index in [1.165, 1.54) is 11.4 Å². The van der Waals surface area contributed by atoms with Crippen molar-refractivity contribution in [2.45, 2.75) is 32.9 Å². The van der Waals surface area contributed by atoms with E-state index >= 15 is 0 Å². The number of nitrogens with one attached hydrogen (secondary N) is 1. The molecule has 1 aromatic carbocycles. The number of rotatable bonds is 5. The third kappa shape index (κ3) is 3.69. The van der Waals surface area contributed by atoms with Crippen LogP contribution in [-0.2, 0) is 10.2 Å². The molecule has 6 heteroatoms. The average molecular weight is 272 g/mol. The van der Waals surface area contributed by atoms with Crippen molar-refractivity contribution in [2.24, 2.45) is 0 Å². The van der Waals surface area contributed by atoms with Crippen LogP contribution in [-0.4, -0.2) is 30.9 Å². The minimum atomic E-state index is -3.52. The molecule has 102 valence electrons. The van der Waals surface area contributed by atoms with Gasteiger partial charge in [0.25, 0.3) is 0 Å². The molecule has 0 saturated heterocycles. The van der Waals surface area contributed by atoms with Gasteiger partial charge in [0.05, 0.1) is 6.10 Å². The van der Waals surface area contributed by atoms with Crippen LogP contribution in [0.25, 0.3) is 0 Å². The summed E-state index contributed by atoms with van der Waals surface area (Å²) in [6, 6.07) is 6.54. The van der Waals surface area contributed by atoms with E-state index in [9.17, 15) is 13.5 Å². The lowest BCUT2D eigenvalue weighted by Gasteiger charge is -2.21. The van der Waals surface area contributed by atoms with E-state index in [1.807, 2.05) is 0 Å². The molecule has 18 heavy (non-hydrogen) atoms. The van der Waals surface area contributed by atoms with E-state index in [0.717, 1.165) is 5.56 Å². The minimum Gasteiger partial charge on any atom is -0.389 e. The lowest BCUT2D eigenvalue weighted by molar-refractivity contribution is 0.199. The van der Waals surface area contributed by atoms with Crippen LogP contribution in [0.3, 0.4) is 0 Å². The molecule has 5 nitrogen and oxygen atoms in total. The zero-order chi connectivity index (χ0) is 13.9. The molecule has 0 amide bonds. The summed E-state index contributed by atoms with van der Waals surface area (Å²) < 4.78 is 27.6. The minimum absolute atomic E-state index is 0.112. The molecule has 2 N–H and O–H groups in total. The SMILES string of the molecule is CC(O)c1ccc(NS(=O)(=O)N(C)C(C)C)cc1. The van der Waals surface area contributed by atoms with Gasteiger partial charge in [0, 0.05) is 18.8 Å². The predicted octanol–water partition coefficient (Wildman–Crippen LogP) is 1.74. The molecule has 0 fully saturated rings. The maximum Gasteiger partial charge on any atom is 0.301 e. The summed E-state index contributed by atoms with van der Waals surface area (Å²) in [5.41, 5.74) is 1.22. The Bertz CT molecular complexity index is 481. The third-order valence-electron chi connectivity index (χ3n) is 2.75. The summed E-state index contributed by atoms with van der Waals surface area (Å²) in [6.07, 6.45) is -0.561. The smallest absolute Gasteiger partial charge is 0.301 e. The maximum absolute atomic E-state index is 11.9. The molecule has 1 unspecified atom stereocenters. The molecule has 1 atom stereocenters. The number of anilines is 1. The zero-order valence-electron chi connectivity index (χ0n) is 11.1. The molecule has 0 aliphatic rings. The van der Waals surface area contributed by atoms with Gasteiger partial charge in [-0.2, -0.15) is 12.7 Å². The van der Waals surface area contributed by atoms with Crippen LogP contribution < -0.4 is 4.72 Å². The monoisotopic (exact) mass is 272 g/mol. The topological polar surface area (TPSA) is 69.6 Å². The van der Waals surface area contributed by atoms with Gasteiger partial charge in [-0.15, -0.1) is 0 Å². The van der Waals surface area contributed by atoms with Crippen LogP contribution in [0.4, 0.5) is 5.69 Å². The van der Waals surface area contributed by atoms with Crippen molar-refractivity contribution in [3.63, 3.8) is 0 Å². The highest BCUT2D eigenvalue weighted by atomic mass is 32.2. The van der Waals surface area contributed by atoms with E-state index in [1.54, 1.807) is 45.0 Å². The normalized spacial score (nSPS) is 13.9. The second kappa shape index (κ2) is 5.69. The van der Waals surface area contributed by atoms with Crippen molar-refractivity contribution < 1.29 is 13.5 Å². The highest BCUT2D eigenvalue weighted by Crippen LogP contribution is 2.17. The number of hydrogen-bond donors (Lipinski definition) is 2. The van der Waals surface area contributed by atoms with Crippen molar-refractivity contribution in [1.29, 1.82) is 0 Å². The number of hydrogen-bond acceptors (Lipinski definition) is 3. The first kappa shape index (κ1) is 14.9. The molecule has 0 aromatic heterocycles. The molecule has 0 bridgehead atoms. The van der Waals surface area contributed by atoms with Gasteiger partial charge < -0.3 is 5.11 Å². The highest BCUT2D eigenvalue weighted by Gasteiger charge is 2.20. The Morgan fingerprint density at radius 2 is 1.67 bits per heavy atom. The van der Waals surface area contributed by atoms with Gasteiger partial charge in [0.2, 0.25) is 0 Å². The Morgan fingerprint density at radius 1 is 1.17 bits per heavy atom. The zero-order valence-corrected chi connectivity index (χ0v) is 11.9. The summed E-state index contributed by atoms with van der Waals surface area (Å²) in [4.78, 5) is 0. The van der Waals surface area contributed by atoms with E-state index in [2.05, 4.69) is 4.72 Å². The second-order valence-electron chi connectivity index (χ2n) is 4.52. The summed E-state index contributed by atoms with van der Waals surface area (Å²) >= 11 is 0. The van der Waals surface area contributed by atoms with E-state index in [0.29, 0.717) is 5.69 Å². The van der Waals surface area contributed by atoms with Crippen LogP contribution in [0.2, 0.25) is 0 Å². The Morgan fingerprint density at radius 3 is 2.06 bits per heavy atom. The first-order valence-electron chi connectivity index (χ1n) is 5.78. The summed E-state index contributed by atoms with van der Waals surface area (Å²) in [5, 5.41) is 9.36. The molecule has 0 spiro atoms. The van der Waals surface area contributed by atoms with Crippen LogP contribution in [0.15, 0.2) is 24.3 Å². The fourth-order valence-corrected chi connectivity index (χ4v) is 2.46. The predicted molar refractivity (Wildman–Crippen MR) is 72.5 cm³/mol. The Labute approximate surface area is 109 Å². The molecule has 0 aliphatic carbocycles. The maximum atomic E-state index is 11.9. The Kier molecular flexibility index (Phi) is 4.72. The molecule has 0 radical (unpaired) electrons. The molecule has 1 rings (SSSR count). The lowest BCUT2D eigenvalue weighted by atomic mass is 10.1. The van der Waals surface area contributed by atoms with Gasteiger partial charge in [-0.1, -0.05) is 12.1 Å². The van der Waals surface area contributed by atoms with E-state index in [-0.39, 0.29) is 6.04 Å². The van der Waals surface area contributed by atoms with Crippen LogP contribution in [0.1, 0.15) is 32.4 Å². The van der Waals surface area contributed by atoms with Gasteiger partial charge in [-0.05, 0) is 38.5 Å². The van der Waals surface area contributed by atoms with Crippen molar-refractivity contribution in [2.75, 3.05) is 11.8 Å². The fraction of sp³-hybridized carbons (Fsp3) is 0.500. The number of aliphatic hydroxyl groups is 1. The van der Waals surface area contributed by atoms with E-state index < -0.39 is 16.3 Å². The van der Waals surface area contributed by atoms with Crippen molar-refractivity contribution in [3.05, 3.63) is 29.8 Å².